The lowest BCUT2D eigenvalue weighted by molar-refractivity contribution is 0.346. The van der Waals surface area contributed by atoms with Gasteiger partial charge in [-0.2, -0.15) is 9.40 Å². The van der Waals surface area contributed by atoms with Crippen LogP contribution in [0.4, 0.5) is 0 Å². The van der Waals surface area contributed by atoms with E-state index in [1.165, 1.54) is 0 Å². The first-order chi connectivity index (χ1) is 8.98. The highest BCUT2D eigenvalue weighted by molar-refractivity contribution is 7.89. The predicted molar refractivity (Wildman–Crippen MR) is 75.0 cm³/mol. The van der Waals surface area contributed by atoms with E-state index in [4.69, 9.17) is 11.6 Å². The molecular weight excluding hydrogens is 286 g/mol. The highest BCUT2D eigenvalue weighted by atomic mass is 35.5. The summed E-state index contributed by atoms with van der Waals surface area (Å²) in [6.45, 7) is 5.30. The van der Waals surface area contributed by atoms with Crippen LogP contribution in [0.5, 0.6) is 0 Å². The van der Waals surface area contributed by atoms with E-state index in [1.54, 1.807) is 22.8 Å². The van der Waals surface area contributed by atoms with Gasteiger partial charge in [-0.25, -0.2) is 8.42 Å². The Balaban J connectivity index is 2.39. The molecule has 1 aliphatic heterocycles. The molecule has 0 unspecified atom stereocenters. The summed E-state index contributed by atoms with van der Waals surface area (Å²) < 4.78 is 28.6. The maximum absolute atomic E-state index is 12.7. The van der Waals surface area contributed by atoms with Crippen molar-refractivity contribution in [2.45, 2.75) is 44.6 Å². The zero-order chi connectivity index (χ0) is 14.0. The number of nitrogens with zero attached hydrogens (tertiary/aromatic N) is 3. The van der Waals surface area contributed by atoms with Gasteiger partial charge in [0.1, 0.15) is 4.90 Å². The first-order valence-corrected chi connectivity index (χ1v) is 8.56. The van der Waals surface area contributed by atoms with Crippen LogP contribution in [0.1, 0.15) is 30.7 Å². The van der Waals surface area contributed by atoms with Gasteiger partial charge in [0.25, 0.3) is 0 Å². The van der Waals surface area contributed by atoms with E-state index in [9.17, 15) is 8.42 Å². The maximum Gasteiger partial charge on any atom is 0.246 e. The average Bonchev–Trinajstić information content (AvgIpc) is 2.66. The minimum Gasteiger partial charge on any atom is -0.267 e. The summed E-state index contributed by atoms with van der Waals surface area (Å²) in [5, 5.41) is 4.29. The molecule has 0 aromatic carbocycles. The molecule has 0 aliphatic carbocycles. The number of aryl methyl sites for hydroxylation is 2. The number of halogens is 1. The van der Waals surface area contributed by atoms with Gasteiger partial charge in [-0.15, -0.1) is 11.6 Å². The number of hydrogen-bond donors (Lipinski definition) is 0. The minimum absolute atomic E-state index is 0.361. The number of aromatic nitrogens is 2. The van der Waals surface area contributed by atoms with Gasteiger partial charge in [0, 0.05) is 19.0 Å². The largest absolute Gasteiger partial charge is 0.267 e. The van der Waals surface area contributed by atoms with E-state index >= 15 is 0 Å². The molecule has 2 rings (SSSR count). The molecule has 108 valence electrons. The zero-order valence-electron chi connectivity index (χ0n) is 11.4. The van der Waals surface area contributed by atoms with E-state index in [0.29, 0.717) is 41.8 Å². The Morgan fingerprint density at radius 1 is 1.21 bits per heavy atom. The predicted octanol–water partition coefficient (Wildman–Crippen LogP) is 1.91. The Morgan fingerprint density at radius 2 is 1.84 bits per heavy atom. The van der Waals surface area contributed by atoms with Crippen molar-refractivity contribution < 1.29 is 8.42 Å². The van der Waals surface area contributed by atoms with E-state index in [2.05, 4.69) is 5.10 Å². The molecule has 1 aromatic rings. The van der Waals surface area contributed by atoms with Gasteiger partial charge < -0.3 is 0 Å². The van der Waals surface area contributed by atoms with E-state index < -0.39 is 10.0 Å². The molecule has 19 heavy (non-hydrogen) atoms. The Labute approximate surface area is 119 Å². The van der Waals surface area contributed by atoms with Gasteiger partial charge in [0.15, 0.2) is 0 Å². The lowest BCUT2D eigenvalue weighted by Crippen LogP contribution is -2.36. The van der Waals surface area contributed by atoms with Crippen molar-refractivity contribution in [3.63, 3.8) is 0 Å². The van der Waals surface area contributed by atoms with Crippen LogP contribution < -0.4 is 0 Å². The summed E-state index contributed by atoms with van der Waals surface area (Å²) in [4.78, 5) is 0.361. The number of sulfonamides is 1. The van der Waals surface area contributed by atoms with Crippen LogP contribution in [0, 0.1) is 13.8 Å². The Bertz CT molecular complexity index is 548. The normalized spacial score (nSPS) is 17.8. The maximum atomic E-state index is 12.7. The molecule has 0 saturated carbocycles. The van der Waals surface area contributed by atoms with E-state index in [1.807, 2.05) is 0 Å². The molecule has 0 N–H and O–H groups in total. The summed E-state index contributed by atoms with van der Waals surface area (Å²) in [5.41, 5.74) is 1.25. The number of rotatable bonds is 4. The fourth-order valence-corrected chi connectivity index (χ4v) is 4.64. The first-order valence-electron chi connectivity index (χ1n) is 6.58. The minimum atomic E-state index is -3.41. The van der Waals surface area contributed by atoms with Gasteiger partial charge in [0.2, 0.25) is 10.0 Å². The van der Waals surface area contributed by atoms with Gasteiger partial charge in [0.05, 0.1) is 17.9 Å². The number of piperidine rings is 1. The highest BCUT2D eigenvalue weighted by Gasteiger charge is 2.31. The van der Waals surface area contributed by atoms with Crippen LogP contribution in [0.25, 0.3) is 0 Å². The van der Waals surface area contributed by atoms with Crippen LogP contribution in [0.3, 0.4) is 0 Å². The molecule has 0 atom stereocenters. The molecule has 5 nitrogen and oxygen atoms in total. The molecule has 7 heteroatoms. The quantitative estimate of drug-likeness (QED) is 0.799. The summed E-state index contributed by atoms with van der Waals surface area (Å²) in [6.07, 6.45) is 2.98. The second-order valence-electron chi connectivity index (χ2n) is 4.88. The zero-order valence-corrected chi connectivity index (χ0v) is 13.0. The lowest BCUT2D eigenvalue weighted by Gasteiger charge is -2.25. The Kier molecular flexibility index (Phi) is 4.53. The number of alkyl halides is 1. The standard InChI is InChI=1S/C12H20ClN3O2S/c1-10-12(11(2)16(14-10)9-6-13)19(17,18)15-7-4-3-5-8-15/h3-9H2,1-2H3. The molecule has 1 aromatic heterocycles. The summed E-state index contributed by atoms with van der Waals surface area (Å²) >= 11 is 5.71. The van der Waals surface area contributed by atoms with Crippen molar-refractivity contribution in [2.75, 3.05) is 19.0 Å². The molecule has 1 fully saturated rings. The third kappa shape index (κ3) is 2.80. The fraction of sp³-hybridized carbons (Fsp3) is 0.750. The van der Waals surface area contributed by atoms with Crippen LogP contribution in [0.2, 0.25) is 0 Å². The monoisotopic (exact) mass is 305 g/mol. The molecular formula is C12H20ClN3O2S. The molecule has 0 spiro atoms. The Hall–Kier alpha value is -0.590. The van der Waals surface area contributed by atoms with Crippen molar-refractivity contribution in [2.24, 2.45) is 0 Å². The smallest absolute Gasteiger partial charge is 0.246 e. The summed E-state index contributed by atoms with van der Waals surface area (Å²) in [7, 11) is -3.41. The van der Waals surface area contributed by atoms with Crippen molar-refractivity contribution in [1.29, 1.82) is 0 Å². The van der Waals surface area contributed by atoms with Crippen molar-refractivity contribution >= 4 is 21.6 Å². The second-order valence-corrected chi connectivity index (χ2v) is 7.13. The Morgan fingerprint density at radius 3 is 2.42 bits per heavy atom. The SMILES string of the molecule is Cc1nn(CCCl)c(C)c1S(=O)(=O)N1CCCCC1. The molecule has 0 radical (unpaired) electrons. The molecule has 0 bridgehead atoms. The second kappa shape index (κ2) is 5.81. The molecule has 2 heterocycles. The fourth-order valence-electron chi connectivity index (χ4n) is 2.59. The first kappa shape index (κ1) is 14.8. The number of hydrogen-bond acceptors (Lipinski definition) is 3. The third-order valence-electron chi connectivity index (χ3n) is 3.52. The summed E-state index contributed by atoms with van der Waals surface area (Å²) in [5.74, 6) is 0.422. The molecule has 1 aliphatic rings. The van der Waals surface area contributed by atoms with Crippen molar-refractivity contribution in [1.82, 2.24) is 14.1 Å². The van der Waals surface area contributed by atoms with Gasteiger partial charge >= 0.3 is 0 Å². The van der Waals surface area contributed by atoms with Crippen molar-refractivity contribution in [3.8, 4) is 0 Å². The van der Waals surface area contributed by atoms with Crippen LogP contribution in [-0.4, -0.2) is 41.5 Å². The van der Waals surface area contributed by atoms with Crippen LogP contribution in [-0.2, 0) is 16.6 Å². The molecule has 1 saturated heterocycles. The van der Waals surface area contributed by atoms with Gasteiger partial charge in [-0.05, 0) is 26.7 Å². The highest BCUT2D eigenvalue weighted by Crippen LogP contribution is 2.25. The van der Waals surface area contributed by atoms with Crippen LogP contribution >= 0.6 is 11.6 Å². The average molecular weight is 306 g/mol. The summed E-state index contributed by atoms with van der Waals surface area (Å²) in [6, 6.07) is 0. The van der Waals surface area contributed by atoms with Gasteiger partial charge in [-0.1, -0.05) is 6.42 Å². The third-order valence-corrected chi connectivity index (χ3v) is 5.85. The lowest BCUT2D eigenvalue weighted by atomic mass is 10.2. The van der Waals surface area contributed by atoms with Crippen molar-refractivity contribution in [3.05, 3.63) is 11.4 Å². The van der Waals surface area contributed by atoms with Gasteiger partial charge in [-0.3, -0.25) is 4.68 Å². The van der Waals surface area contributed by atoms with E-state index in [-0.39, 0.29) is 0 Å². The van der Waals surface area contributed by atoms with E-state index in [0.717, 1.165) is 19.3 Å². The topological polar surface area (TPSA) is 55.2 Å². The van der Waals surface area contributed by atoms with Crippen LogP contribution in [0.15, 0.2) is 4.90 Å². The molecule has 0 amide bonds.